The van der Waals surface area contributed by atoms with Crippen molar-refractivity contribution >= 4 is 11.8 Å². The first-order chi connectivity index (χ1) is 6.82. The molecule has 1 saturated carbocycles. The first-order valence-corrected chi connectivity index (χ1v) is 5.24. The zero-order valence-electron chi connectivity index (χ0n) is 9.45. The molecule has 1 aliphatic rings. The largest absolute Gasteiger partial charge is 0.459 e. The second kappa shape index (κ2) is 4.31. The highest BCUT2D eigenvalue weighted by Gasteiger charge is 2.35. The zero-order chi connectivity index (χ0) is 11.6. The van der Waals surface area contributed by atoms with E-state index in [4.69, 9.17) is 4.74 Å². The average Bonchev–Trinajstić information content (AvgIpc) is 2.11. The van der Waals surface area contributed by atoms with Gasteiger partial charge in [-0.3, -0.25) is 9.59 Å². The van der Waals surface area contributed by atoms with Crippen molar-refractivity contribution in [3.05, 3.63) is 0 Å². The molecule has 4 nitrogen and oxygen atoms in total. The van der Waals surface area contributed by atoms with Crippen LogP contribution in [0.5, 0.6) is 0 Å². The van der Waals surface area contributed by atoms with E-state index >= 15 is 0 Å². The predicted octanol–water partition coefficient (Wildman–Crippen LogP) is 1.06. The lowest BCUT2D eigenvalue weighted by atomic mass is 9.92. The van der Waals surface area contributed by atoms with Crippen LogP contribution in [0.25, 0.3) is 0 Å². The number of aliphatic hydroxyl groups excluding tert-OH is 1. The van der Waals surface area contributed by atoms with Crippen LogP contribution < -0.4 is 0 Å². The molecule has 15 heavy (non-hydrogen) atoms. The van der Waals surface area contributed by atoms with Crippen molar-refractivity contribution < 1.29 is 19.4 Å². The van der Waals surface area contributed by atoms with E-state index in [0.717, 1.165) is 0 Å². The van der Waals surface area contributed by atoms with Gasteiger partial charge in [-0.15, -0.1) is 0 Å². The SMILES string of the molecule is CC(C)(C)C(=O)O[C@@H]1CCCC(=O)[C@H]1O. The number of Topliss-reactive ketones (excluding diaryl/α,β-unsaturated/α-hetero) is 1. The highest BCUT2D eigenvalue weighted by molar-refractivity contribution is 5.85. The van der Waals surface area contributed by atoms with Gasteiger partial charge in [-0.2, -0.15) is 0 Å². The molecule has 0 spiro atoms. The molecular weight excluding hydrogens is 196 g/mol. The van der Waals surface area contributed by atoms with Gasteiger partial charge in [-0.1, -0.05) is 0 Å². The monoisotopic (exact) mass is 214 g/mol. The number of ether oxygens (including phenoxy) is 1. The fraction of sp³-hybridized carbons (Fsp3) is 0.818. The van der Waals surface area contributed by atoms with Gasteiger partial charge in [0.05, 0.1) is 5.41 Å². The van der Waals surface area contributed by atoms with E-state index < -0.39 is 17.6 Å². The van der Waals surface area contributed by atoms with E-state index in [1.54, 1.807) is 20.8 Å². The molecule has 1 aliphatic carbocycles. The molecule has 0 saturated heterocycles. The van der Waals surface area contributed by atoms with E-state index in [1.807, 2.05) is 0 Å². The summed E-state index contributed by atoms with van der Waals surface area (Å²) in [5.74, 6) is -0.603. The third kappa shape index (κ3) is 3.02. The Labute approximate surface area is 89.6 Å². The van der Waals surface area contributed by atoms with Gasteiger partial charge < -0.3 is 9.84 Å². The van der Waals surface area contributed by atoms with Gasteiger partial charge in [0.1, 0.15) is 12.2 Å². The summed E-state index contributed by atoms with van der Waals surface area (Å²) in [7, 11) is 0. The summed E-state index contributed by atoms with van der Waals surface area (Å²) in [4.78, 5) is 22.7. The first-order valence-electron chi connectivity index (χ1n) is 5.24. The number of aliphatic hydroxyl groups is 1. The molecule has 0 radical (unpaired) electrons. The summed E-state index contributed by atoms with van der Waals surface area (Å²) in [6.45, 7) is 5.23. The number of carbonyl (C=O) groups excluding carboxylic acids is 2. The predicted molar refractivity (Wildman–Crippen MR) is 54.2 cm³/mol. The standard InChI is InChI=1S/C11H18O4/c1-11(2,3)10(14)15-8-6-4-5-7(12)9(8)13/h8-9,13H,4-6H2,1-3H3/t8-,9-/m1/s1. The molecular formula is C11H18O4. The molecule has 0 aromatic heterocycles. The van der Waals surface area contributed by atoms with Crippen molar-refractivity contribution in [2.75, 3.05) is 0 Å². The van der Waals surface area contributed by atoms with Crippen LogP contribution in [-0.4, -0.2) is 29.1 Å². The molecule has 2 atom stereocenters. The van der Waals surface area contributed by atoms with Crippen molar-refractivity contribution in [1.82, 2.24) is 0 Å². The Kier molecular flexibility index (Phi) is 3.50. The minimum Gasteiger partial charge on any atom is -0.459 e. The normalized spacial score (nSPS) is 27.6. The van der Waals surface area contributed by atoms with Crippen LogP contribution in [0, 0.1) is 5.41 Å². The molecule has 0 aromatic rings. The van der Waals surface area contributed by atoms with Crippen LogP contribution >= 0.6 is 0 Å². The number of hydrogen-bond donors (Lipinski definition) is 1. The molecule has 4 heteroatoms. The van der Waals surface area contributed by atoms with Gasteiger partial charge in [-0.25, -0.2) is 0 Å². The third-order valence-corrected chi connectivity index (χ3v) is 2.46. The Morgan fingerprint density at radius 1 is 1.47 bits per heavy atom. The lowest BCUT2D eigenvalue weighted by Gasteiger charge is -2.29. The van der Waals surface area contributed by atoms with Crippen LogP contribution in [0.4, 0.5) is 0 Å². The molecule has 0 aliphatic heterocycles. The number of carbonyl (C=O) groups is 2. The summed E-state index contributed by atoms with van der Waals surface area (Å²) in [6, 6.07) is 0. The second-order valence-corrected chi connectivity index (χ2v) is 5.00. The Hall–Kier alpha value is -0.900. The molecule has 0 amide bonds. The lowest BCUT2D eigenvalue weighted by Crippen LogP contribution is -2.42. The average molecular weight is 214 g/mol. The Bertz CT molecular complexity index is 264. The zero-order valence-corrected chi connectivity index (χ0v) is 9.45. The second-order valence-electron chi connectivity index (χ2n) is 5.00. The first kappa shape index (κ1) is 12.2. The number of hydrogen-bond acceptors (Lipinski definition) is 4. The van der Waals surface area contributed by atoms with Crippen LogP contribution in [0.2, 0.25) is 0 Å². The Balaban J connectivity index is 2.58. The maximum absolute atomic E-state index is 11.5. The Morgan fingerprint density at radius 2 is 2.07 bits per heavy atom. The summed E-state index contributed by atoms with van der Waals surface area (Å²) in [6.07, 6.45) is -0.166. The lowest BCUT2D eigenvalue weighted by molar-refractivity contribution is -0.169. The van der Waals surface area contributed by atoms with Gasteiger partial charge in [0, 0.05) is 6.42 Å². The summed E-state index contributed by atoms with van der Waals surface area (Å²) >= 11 is 0. The molecule has 1 N–H and O–H groups in total. The van der Waals surface area contributed by atoms with Gasteiger partial charge in [0.2, 0.25) is 0 Å². The molecule has 0 aromatic carbocycles. The number of esters is 1. The molecule has 1 fully saturated rings. The molecule has 0 heterocycles. The fourth-order valence-electron chi connectivity index (χ4n) is 1.43. The van der Waals surface area contributed by atoms with E-state index in [0.29, 0.717) is 19.3 Å². The highest BCUT2D eigenvalue weighted by Crippen LogP contribution is 2.23. The van der Waals surface area contributed by atoms with Gasteiger partial charge >= 0.3 is 5.97 Å². The summed E-state index contributed by atoms with van der Waals surface area (Å²) in [5, 5.41) is 9.53. The van der Waals surface area contributed by atoms with E-state index in [9.17, 15) is 14.7 Å². The minimum atomic E-state index is -1.13. The maximum Gasteiger partial charge on any atom is 0.311 e. The smallest absolute Gasteiger partial charge is 0.311 e. The van der Waals surface area contributed by atoms with Crippen molar-refractivity contribution in [2.24, 2.45) is 5.41 Å². The van der Waals surface area contributed by atoms with Gasteiger partial charge in [0.15, 0.2) is 5.78 Å². The van der Waals surface area contributed by atoms with Crippen molar-refractivity contribution in [1.29, 1.82) is 0 Å². The maximum atomic E-state index is 11.5. The Morgan fingerprint density at radius 3 is 2.60 bits per heavy atom. The summed E-state index contributed by atoms with van der Waals surface area (Å²) < 4.78 is 5.13. The van der Waals surface area contributed by atoms with Crippen LogP contribution in [0.1, 0.15) is 40.0 Å². The van der Waals surface area contributed by atoms with Crippen LogP contribution in [0.3, 0.4) is 0 Å². The molecule has 86 valence electrons. The molecule has 0 bridgehead atoms. The van der Waals surface area contributed by atoms with E-state index in [-0.39, 0.29) is 11.8 Å². The fourth-order valence-corrected chi connectivity index (χ4v) is 1.43. The van der Waals surface area contributed by atoms with Crippen LogP contribution in [-0.2, 0) is 14.3 Å². The van der Waals surface area contributed by atoms with E-state index in [2.05, 4.69) is 0 Å². The minimum absolute atomic E-state index is 0.229. The topological polar surface area (TPSA) is 63.6 Å². The quantitative estimate of drug-likeness (QED) is 0.663. The van der Waals surface area contributed by atoms with Gasteiger partial charge in [0.25, 0.3) is 0 Å². The van der Waals surface area contributed by atoms with Crippen molar-refractivity contribution in [2.45, 2.75) is 52.2 Å². The van der Waals surface area contributed by atoms with Crippen molar-refractivity contribution in [3.63, 3.8) is 0 Å². The van der Waals surface area contributed by atoms with Crippen LogP contribution in [0.15, 0.2) is 0 Å². The van der Waals surface area contributed by atoms with Gasteiger partial charge in [-0.05, 0) is 33.6 Å². The molecule has 0 unspecified atom stereocenters. The molecule has 1 rings (SSSR count). The number of rotatable bonds is 1. The highest BCUT2D eigenvalue weighted by atomic mass is 16.6. The third-order valence-electron chi connectivity index (χ3n) is 2.46. The summed E-state index contributed by atoms with van der Waals surface area (Å²) in [5.41, 5.74) is -0.597. The number of ketones is 1. The van der Waals surface area contributed by atoms with E-state index in [1.165, 1.54) is 0 Å². The van der Waals surface area contributed by atoms with Crippen molar-refractivity contribution in [3.8, 4) is 0 Å².